The summed E-state index contributed by atoms with van der Waals surface area (Å²) in [5, 5.41) is 13.6. The zero-order valence-corrected chi connectivity index (χ0v) is 10.9. The standard InChI is InChI=1S/C15H23NO/c1-15(2,17)14-6-4-3-5-13(14)11-12-7-9-16-10-8-12/h3-6,12,16-17H,7-11H2,1-2H3. The van der Waals surface area contributed by atoms with E-state index in [9.17, 15) is 5.11 Å². The number of hydrogen-bond donors (Lipinski definition) is 2. The van der Waals surface area contributed by atoms with Crippen LogP contribution in [-0.4, -0.2) is 18.2 Å². The summed E-state index contributed by atoms with van der Waals surface area (Å²) in [6.07, 6.45) is 3.60. The number of rotatable bonds is 3. The monoisotopic (exact) mass is 233 g/mol. The molecule has 2 N–H and O–H groups in total. The molecule has 1 aliphatic rings. The molecule has 1 aliphatic heterocycles. The van der Waals surface area contributed by atoms with E-state index in [2.05, 4.69) is 23.5 Å². The van der Waals surface area contributed by atoms with Gasteiger partial charge in [0, 0.05) is 0 Å². The molecule has 0 radical (unpaired) electrons. The van der Waals surface area contributed by atoms with E-state index < -0.39 is 5.60 Å². The first-order chi connectivity index (χ1) is 8.07. The highest BCUT2D eigenvalue weighted by molar-refractivity contribution is 5.31. The van der Waals surface area contributed by atoms with Crippen LogP contribution in [0.1, 0.15) is 37.8 Å². The molecule has 0 bridgehead atoms. The summed E-state index contributed by atoms with van der Waals surface area (Å²) in [6, 6.07) is 8.30. The lowest BCUT2D eigenvalue weighted by Crippen LogP contribution is -2.29. The number of aliphatic hydroxyl groups is 1. The smallest absolute Gasteiger partial charge is 0.0843 e. The second-order valence-corrected chi connectivity index (χ2v) is 5.61. The molecular formula is C15H23NO. The normalized spacial score (nSPS) is 18.3. The Kier molecular flexibility index (Phi) is 3.85. The molecule has 17 heavy (non-hydrogen) atoms. The molecule has 0 aliphatic carbocycles. The second kappa shape index (κ2) is 5.19. The third-order valence-electron chi connectivity index (χ3n) is 3.64. The minimum Gasteiger partial charge on any atom is -0.386 e. The topological polar surface area (TPSA) is 32.3 Å². The average molecular weight is 233 g/mol. The van der Waals surface area contributed by atoms with E-state index >= 15 is 0 Å². The lowest BCUT2D eigenvalue weighted by Gasteiger charge is -2.26. The van der Waals surface area contributed by atoms with Crippen molar-refractivity contribution in [3.05, 3.63) is 35.4 Å². The van der Waals surface area contributed by atoms with E-state index in [0.717, 1.165) is 31.0 Å². The fourth-order valence-electron chi connectivity index (χ4n) is 2.69. The molecular weight excluding hydrogens is 210 g/mol. The third kappa shape index (κ3) is 3.30. The highest BCUT2D eigenvalue weighted by atomic mass is 16.3. The Morgan fingerprint density at radius 2 is 1.88 bits per heavy atom. The SMILES string of the molecule is CC(C)(O)c1ccccc1CC1CCNCC1. The highest BCUT2D eigenvalue weighted by Gasteiger charge is 2.21. The van der Waals surface area contributed by atoms with Crippen molar-refractivity contribution >= 4 is 0 Å². The Morgan fingerprint density at radius 1 is 1.24 bits per heavy atom. The Morgan fingerprint density at radius 3 is 2.53 bits per heavy atom. The van der Waals surface area contributed by atoms with Crippen molar-refractivity contribution in [2.24, 2.45) is 5.92 Å². The maximum absolute atomic E-state index is 10.2. The molecule has 1 saturated heterocycles. The molecule has 2 nitrogen and oxygen atoms in total. The second-order valence-electron chi connectivity index (χ2n) is 5.61. The van der Waals surface area contributed by atoms with Crippen molar-refractivity contribution in [3.8, 4) is 0 Å². The third-order valence-corrected chi connectivity index (χ3v) is 3.64. The summed E-state index contributed by atoms with van der Waals surface area (Å²) in [5.74, 6) is 0.764. The van der Waals surface area contributed by atoms with Gasteiger partial charge in [-0.1, -0.05) is 24.3 Å². The van der Waals surface area contributed by atoms with Gasteiger partial charge in [-0.15, -0.1) is 0 Å². The Balaban J connectivity index is 2.14. The molecule has 94 valence electrons. The van der Waals surface area contributed by atoms with Gasteiger partial charge in [-0.05, 0) is 63.2 Å². The van der Waals surface area contributed by atoms with Crippen molar-refractivity contribution in [1.29, 1.82) is 0 Å². The van der Waals surface area contributed by atoms with Crippen LogP contribution < -0.4 is 5.32 Å². The average Bonchev–Trinajstić information content (AvgIpc) is 2.30. The maximum Gasteiger partial charge on any atom is 0.0843 e. The van der Waals surface area contributed by atoms with Crippen LogP contribution in [0.2, 0.25) is 0 Å². The number of nitrogens with one attached hydrogen (secondary N) is 1. The van der Waals surface area contributed by atoms with Crippen LogP contribution in [0.3, 0.4) is 0 Å². The van der Waals surface area contributed by atoms with Gasteiger partial charge in [-0.25, -0.2) is 0 Å². The van der Waals surface area contributed by atoms with Crippen molar-refractivity contribution in [2.75, 3.05) is 13.1 Å². The predicted octanol–water partition coefficient (Wildman–Crippen LogP) is 2.46. The Hall–Kier alpha value is -0.860. The van der Waals surface area contributed by atoms with Gasteiger partial charge in [0.25, 0.3) is 0 Å². The molecule has 2 rings (SSSR count). The van der Waals surface area contributed by atoms with Gasteiger partial charge in [-0.3, -0.25) is 0 Å². The molecule has 0 atom stereocenters. The highest BCUT2D eigenvalue weighted by Crippen LogP contribution is 2.27. The van der Waals surface area contributed by atoms with Crippen LogP contribution in [0.15, 0.2) is 24.3 Å². The fraction of sp³-hybridized carbons (Fsp3) is 0.600. The number of hydrogen-bond acceptors (Lipinski definition) is 2. The zero-order chi connectivity index (χ0) is 12.3. The first-order valence-corrected chi connectivity index (χ1v) is 6.59. The van der Waals surface area contributed by atoms with Crippen LogP contribution in [0.5, 0.6) is 0 Å². The van der Waals surface area contributed by atoms with Crippen LogP contribution >= 0.6 is 0 Å². The lowest BCUT2D eigenvalue weighted by atomic mass is 9.85. The quantitative estimate of drug-likeness (QED) is 0.840. The number of piperidine rings is 1. The largest absolute Gasteiger partial charge is 0.386 e. The van der Waals surface area contributed by atoms with Crippen LogP contribution in [0.25, 0.3) is 0 Å². The summed E-state index contributed by atoms with van der Waals surface area (Å²) in [4.78, 5) is 0. The maximum atomic E-state index is 10.2. The minimum absolute atomic E-state index is 0.733. The van der Waals surface area contributed by atoms with Crippen LogP contribution in [-0.2, 0) is 12.0 Å². The summed E-state index contributed by atoms with van der Waals surface area (Å²) in [7, 11) is 0. The minimum atomic E-state index is -0.733. The fourth-order valence-corrected chi connectivity index (χ4v) is 2.69. The van der Waals surface area contributed by atoms with Gasteiger partial charge < -0.3 is 10.4 Å². The Bertz CT molecular complexity index is 361. The molecule has 0 aromatic heterocycles. The van der Waals surface area contributed by atoms with Crippen molar-refractivity contribution in [1.82, 2.24) is 5.32 Å². The van der Waals surface area contributed by atoms with Gasteiger partial charge in [0.05, 0.1) is 5.60 Å². The van der Waals surface area contributed by atoms with E-state index in [4.69, 9.17) is 0 Å². The van der Waals surface area contributed by atoms with Crippen molar-refractivity contribution in [2.45, 2.75) is 38.7 Å². The van der Waals surface area contributed by atoms with Gasteiger partial charge in [0.1, 0.15) is 0 Å². The van der Waals surface area contributed by atoms with E-state index in [1.165, 1.54) is 18.4 Å². The summed E-state index contributed by atoms with van der Waals surface area (Å²) in [6.45, 7) is 6.01. The molecule has 0 saturated carbocycles. The number of benzene rings is 1. The molecule has 1 fully saturated rings. The van der Waals surface area contributed by atoms with Gasteiger partial charge in [0.2, 0.25) is 0 Å². The zero-order valence-electron chi connectivity index (χ0n) is 10.9. The van der Waals surface area contributed by atoms with E-state index in [1.54, 1.807) is 0 Å². The van der Waals surface area contributed by atoms with E-state index in [-0.39, 0.29) is 0 Å². The molecule has 1 heterocycles. The first kappa shape index (κ1) is 12.6. The van der Waals surface area contributed by atoms with E-state index in [0.29, 0.717) is 0 Å². The van der Waals surface area contributed by atoms with Crippen molar-refractivity contribution < 1.29 is 5.11 Å². The molecule has 2 heteroatoms. The molecule has 1 aromatic carbocycles. The van der Waals surface area contributed by atoms with Gasteiger partial charge >= 0.3 is 0 Å². The van der Waals surface area contributed by atoms with Crippen LogP contribution in [0, 0.1) is 5.92 Å². The summed E-state index contributed by atoms with van der Waals surface area (Å²) in [5.41, 5.74) is 1.66. The molecule has 0 unspecified atom stereocenters. The predicted molar refractivity (Wildman–Crippen MR) is 71.0 cm³/mol. The van der Waals surface area contributed by atoms with Crippen molar-refractivity contribution in [3.63, 3.8) is 0 Å². The lowest BCUT2D eigenvalue weighted by molar-refractivity contribution is 0.0773. The van der Waals surface area contributed by atoms with Crippen LogP contribution in [0.4, 0.5) is 0 Å². The molecule has 0 amide bonds. The molecule has 0 spiro atoms. The summed E-state index contributed by atoms with van der Waals surface area (Å²) < 4.78 is 0. The van der Waals surface area contributed by atoms with Gasteiger partial charge in [0.15, 0.2) is 0 Å². The van der Waals surface area contributed by atoms with Gasteiger partial charge in [-0.2, -0.15) is 0 Å². The first-order valence-electron chi connectivity index (χ1n) is 6.59. The summed E-state index contributed by atoms with van der Waals surface area (Å²) >= 11 is 0. The Labute approximate surface area is 104 Å². The molecule has 1 aromatic rings. The van der Waals surface area contributed by atoms with E-state index in [1.807, 2.05) is 19.9 Å².